The van der Waals surface area contributed by atoms with Crippen molar-refractivity contribution in [1.82, 2.24) is 4.90 Å². The lowest BCUT2D eigenvalue weighted by atomic mass is 10.1. The van der Waals surface area contributed by atoms with Crippen LogP contribution in [0.15, 0.2) is 53.0 Å². The summed E-state index contributed by atoms with van der Waals surface area (Å²) in [5.74, 6) is 3.06. The third-order valence-corrected chi connectivity index (χ3v) is 5.06. The Kier molecular flexibility index (Phi) is 4.45. The number of furan rings is 1. The summed E-state index contributed by atoms with van der Waals surface area (Å²) in [6.07, 6.45) is 4.52. The van der Waals surface area contributed by atoms with E-state index < -0.39 is 0 Å². The topological polar surface area (TPSA) is 42.7 Å². The number of ether oxygens (including phenoxy) is 1. The van der Waals surface area contributed by atoms with Gasteiger partial charge in [0.2, 0.25) is 5.91 Å². The van der Waals surface area contributed by atoms with Crippen LogP contribution in [0.2, 0.25) is 0 Å². The van der Waals surface area contributed by atoms with Gasteiger partial charge in [0.05, 0.1) is 13.2 Å². The average molecular weight is 337 g/mol. The van der Waals surface area contributed by atoms with E-state index in [9.17, 15) is 4.79 Å². The maximum Gasteiger partial charge on any atom is 0.246 e. The minimum atomic E-state index is -0.0566. The Morgan fingerprint density at radius 3 is 2.76 bits per heavy atom. The van der Waals surface area contributed by atoms with Gasteiger partial charge in [0.15, 0.2) is 0 Å². The van der Waals surface area contributed by atoms with E-state index in [1.54, 1.807) is 12.2 Å². The Morgan fingerprint density at radius 2 is 2.00 bits per heavy atom. The van der Waals surface area contributed by atoms with Crippen LogP contribution in [-0.2, 0) is 9.53 Å². The number of carbonyl (C=O) groups is 1. The lowest BCUT2D eigenvalue weighted by molar-refractivity contribution is -0.133. The van der Waals surface area contributed by atoms with E-state index in [4.69, 9.17) is 9.15 Å². The van der Waals surface area contributed by atoms with Gasteiger partial charge in [-0.05, 0) is 36.1 Å². The lowest BCUT2D eigenvalue weighted by Gasteiger charge is -2.32. The highest BCUT2D eigenvalue weighted by molar-refractivity contribution is 5.91. The molecule has 2 aliphatic rings. The Morgan fingerprint density at radius 1 is 1.20 bits per heavy atom. The molecule has 4 nitrogen and oxygen atoms in total. The van der Waals surface area contributed by atoms with Crippen LogP contribution in [-0.4, -0.2) is 30.5 Å². The maximum atomic E-state index is 12.5. The highest BCUT2D eigenvalue weighted by Crippen LogP contribution is 2.47. The van der Waals surface area contributed by atoms with E-state index in [1.165, 1.54) is 6.42 Å². The van der Waals surface area contributed by atoms with Gasteiger partial charge in [0.25, 0.3) is 0 Å². The number of morpholine rings is 1. The largest absolute Gasteiger partial charge is 0.461 e. The summed E-state index contributed by atoms with van der Waals surface area (Å²) in [5, 5.41) is 0. The SMILES string of the molecule is CC1CC1c1ccc(/C=C/C(=O)N2CCOC(c3ccccc3)C2)o1. The molecule has 1 aromatic heterocycles. The number of carbonyl (C=O) groups excluding carboxylic acids is 1. The van der Waals surface area contributed by atoms with Crippen LogP contribution in [0.5, 0.6) is 0 Å². The molecule has 1 saturated heterocycles. The minimum absolute atomic E-state index is 0.00183. The summed E-state index contributed by atoms with van der Waals surface area (Å²) in [4.78, 5) is 14.3. The Hall–Kier alpha value is -2.33. The van der Waals surface area contributed by atoms with E-state index in [0.717, 1.165) is 17.1 Å². The first-order chi connectivity index (χ1) is 12.2. The highest BCUT2D eigenvalue weighted by atomic mass is 16.5. The van der Waals surface area contributed by atoms with Crippen molar-refractivity contribution in [2.24, 2.45) is 5.92 Å². The second-order valence-corrected chi connectivity index (χ2v) is 6.95. The standard InChI is InChI=1S/C21H23NO3/c1-15-13-18(15)19-9-7-17(25-19)8-10-21(23)22-11-12-24-20(14-22)16-5-3-2-4-6-16/h2-10,15,18,20H,11-14H2,1H3/b10-8+. The molecule has 1 aromatic carbocycles. The second-order valence-electron chi connectivity index (χ2n) is 6.95. The molecule has 2 fully saturated rings. The lowest BCUT2D eigenvalue weighted by Crippen LogP contribution is -2.41. The molecule has 0 spiro atoms. The number of benzene rings is 1. The first-order valence-electron chi connectivity index (χ1n) is 8.94. The predicted octanol–water partition coefficient (Wildman–Crippen LogP) is 4.02. The average Bonchev–Trinajstić information content (AvgIpc) is 3.20. The van der Waals surface area contributed by atoms with Gasteiger partial charge in [-0.2, -0.15) is 0 Å². The van der Waals surface area contributed by atoms with E-state index in [-0.39, 0.29) is 12.0 Å². The summed E-state index contributed by atoms with van der Waals surface area (Å²) < 4.78 is 11.6. The number of hydrogen-bond acceptors (Lipinski definition) is 3. The third-order valence-electron chi connectivity index (χ3n) is 5.06. The molecule has 4 heteroatoms. The molecule has 2 aromatic rings. The molecule has 1 aliphatic heterocycles. The first-order valence-corrected chi connectivity index (χ1v) is 8.94. The van der Waals surface area contributed by atoms with E-state index in [1.807, 2.05) is 47.4 Å². The summed E-state index contributed by atoms with van der Waals surface area (Å²) in [6, 6.07) is 14.0. The normalized spacial score (nSPS) is 26.1. The Labute approximate surface area is 148 Å². The molecule has 1 amide bonds. The predicted molar refractivity (Wildman–Crippen MR) is 96.0 cm³/mol. The van der Waals surface area contributed by atoms with Crippen LogP contribution in [0.3, 0.4) is 0 Å². The maximum absolute atomic E-state index is 12.5. The van der Waals surface area contributed by atoms with Crippen molar-refractivity contribution in [3.63, 3.8) is 0 Å². The van der Waals surface area contributed by atoms with E-state index in [2.05, 4.69) is 6.92 Å². The van der Waals surface area contributed by atoms with Gasteiger partial charge in [-0.3, -0.25) is 4.79 Å². The molecular formula is C21H23NO3. The number of amides is 1. The number of rotatable bonds is 4. The molecule has 25 heavy (non-hydrogen) atoms. The van der Waals surface area contributed by atoms with Crippen LogP contribution in [0.25, 0.3) is 6.08 Å². The number of hydrogen-bond donors (Lipinski definition) is 0. The van der Waals surface area contributed by atoms with Gasteiger partial charge in [0, 0.05) is 18.5 Å². The van der Waals surface area contributed by atoms with Gasteiger partial charge >= 0.3 is 0 Å². The summed E-state index contributed by atoms with van der Waals surface area (Å²) in [6.45, 7) is 3.99. The Balaban J connectivity index is 1.38. The molecule has 2 heterocycles. The molecule has 0 N–H and O–H groups in total. The van der Waals surface area contributed by atoms with Crippen LogP contribution in [0.1, 0.15) is 42.5 Å². The zero-order valence-electron chi connectivity index (χ0n) is 14.4. The van der Waals surface area contributed by atoms with Gasteiger partial charge < -0.3 is 14.1 Å². The van der Waals surface area contributed by atoms with Gasteiger partial charge in [-0.15, -0.1) is 0 Å². The fourth-order valence-electron chi connectivity index (χ4n) is 3.35. The fourth-order valence-corrected chi connectivity index (χ4v) is 3.35. The summed E-state index contributed by atoms with van der Waals surface area (Å²) in [7, 11) is 0. The summed E-state index contributed by atoms with van der Waals surface area (Å²) in [5.41, 5.74) is 1.11. The molecule has 1 saturated carbocycles. The molecule has 130 valence electrons. The quantitative estimate of drug-likeness (QED) is 0.792. The molecule has 4 rings (SSSR count). The monoisotopic (exact) mass is 337 g/mol. The molecule has 3 unspecified atom stereocenters. The van der Waals surface area contributed by atoms with Gasteiger partial charge in [-0.25, -0.2) is 0 Å². The van der Waals surface area contributed by atoms with Gasteiger partial charge in [0.1, 0.15) is 17.6 Å². The van der Waals surface area contributed by atoms with Crippen LogP contribution in [0, 0.1) is 5.92 Å². The van der Waals surface area contributed by atoms with Crippen molar-refractivity contribution in [3.8, 4) is 0 Å². The van der Waals surface area contributed by atoms with Crippen molar-refractivity contribution < 1.29 is 13.9 Å². The van der Waals surface area contributed by atoms with Gasteiger partial charge in [-0.1, -0.05) is 37.3 Å². The molecule has 1 aliphatic carbocycles. The van der Waals surface area contributed by atoms with Crippen LogP contribution >= 0.6 is 0 Å². The summed E-state index contributed by atoms with van der Waals surface area (Å²) >= 11 is 0. The van der Waals surface area contributed by atoms with E-state index in [0.29, 0.717) is 31.5 Å². The van der Waals surface area contributed by atoms with Crippen molar-refractivity contribution in [2.45, 2.75) is 25.4 Å². The Bertz CT molecular complexity index is 764. The fraction of sp³-hybridized carbons (Fsp3) is 0.381. The zero-order valence-corrected chi connectivity index (χ0v) is 14.4. The van der Waals surface area contributed by atoms with E-state index >= 15 is 0 Å². The third kappa shape index (κ3) is 3.69. The first kappa shape index (κ1) is 16.2. The van der Waals surface area contributed by atoms with Crippen molar-refractivity contribution in [3.05, 3.63) is 65.6 Å². The van der Waals surface area contributed by atoms with Crippen molar-refractivity contribution in [1.29, 1.82) is 0 Å². The minimum Gasteiger partial charge on any atom is -0.461 e. The molecular weight excluding hydrogens is 314 g/mol. The highest BCUT2D eigenvalue weighted by Gasteiger charge is 2.36. The van der Waals surface area contributed by atoms with Crippen LogP contribution < -0.4 is 0 Å². The zero-order chi connectivity index (χ0) is 17.2. The number of nitrogens with zero attached hydrogens (tertiary/aromatic N) is 1. The van der Waals surface area contributed by atoms with Crippen LogP contribution in [0.4, 0.5) is 0 Å². The van der Waals surface area contributed by atoms with Crippen molar-refractivity contribution in [2.75, 3.05) is 19.7 Å². The molecule has 0 radical (unpaired) electrons. The molecule has 0 bridgehead atoms. The molecule has 3 atom stereocenters. The van der Waals surface area contributed by atoms with Crippen molar-refractivity contribution >= 4 is 12.0 Å². The second kappa shape index (κ2) is 6.89. The smallest absolute Gasteiger partial charge is 0.246 e.